The number of hydrogen-bond acceptors (Lipinski definition) is 4. The number of hydrogen-bond donors (Lipinski definition) is 3. The van der Waals surface area contributed by atoms with Crippen molar-refractivity contribution < 1.29 is 19.8 Å². The lowest BCUT2D eigenvalue weighted by Crippen LogP contribution is -2.40. The van der Waals surface area contributed by atoms with Crippen molar-refractivity contribution in [2.45, 2.75) is 0 Å². The molecule has 0 unspecified atom stereocenters. The molecule has 13 heavy (non-hydrogen) atoms. The van der Waals surface area contributed by atoms with Gasteiger partial charge in [-0.1, -0.05) is 0 Å². The predicted molar refractivity (Wildman–Crippen MR) is 45.6 cm³/mol. The van der Waals surface area contributed by atoms with Crippen molar-refractivity contribution in [1.82, 2.24) is 10.2 Å². The highest BCUT2D eigenvalue weighted by Crippen LogP contribution is 1.83. The number of piperazine rings is 1. The Morgan fingerprint density at radius 3 is 1.69 bits per heavy atom. The molecule has 6 nitrogen and oxygen atoms in total. The highest BCUT2D eigenvalue weighted by atomic mass is 16.4. The number of likely N-dealkylation sites (N-methyl/N-ethyl adjacent to an activating group) is 1. The van der Waals surface area contributed by atoms with E-state index < -0.39 is 11.9 Å². The summed E-state index contributed by atoms with van der Waals surface area (Å²) in [5.74, 6) is -3.65. The molecule has 0 aromatic rings. The van der Waals surface area contributed by atoms with Crippen LogP contribution in [0.15, 0.2) is 0 Å². The molecule has 0 amide bonds. The number of nitrogens with one attached hydrogen (secondary N) is 1. The summed E-state index contributed by atoms with van der Waals surface area (Å²) < 4.78 is 0. The van der Waals surface area contributed by atoms with Crippen LogP contribution in [0.1, 0.15) is 0 Å². The van der Waals surface area contributed by atoms with E-state index in [4.69, 9.17) is 19.8 Å². The summed E-state index contributed by atoms with van der Waals surface area (Å²) in [4.78, 5) is 20.5. The molecule has 0 aromatic heterocycles. The van der Waals surface area contributed by atoms with E-state index in [1.165, 1.54) is 13.1 Å². The Morgan fingerprint density at radius 1 is 1.15 bits per heavy atom. The summed E-state index contributed by atoms with van der Waals surface area (Å²) in [5, 5.41) is 18.1. The molecule has 3 N–H and O–H groups in total. The van der Waals surface area contributed by atoms with E-state index in [1.54, 1.807) is 0 Å². The molecule has 1 rings (SSSR count). The first kappa shape index (κ1) is 11.9. The minimum absolute atomic E-state index is 1.16. The van der Waals surface area contributed by atoms with Gasteiger partial charge >= 0.3 is 11.9 Å². The van der Waals surface area contributed by atoms with Crippen LogP contribution >= 0.6 is 0 Å². The summed E-state index contributed by atoms with van der Waals surface area (Å²) in [6.45, 7) is 4.74. The van der Waals surface area contributed by atoms with Gasteiger partial charge in [0.05, 0.1) is 0 Å². The van der Waals surface area contributed by atoms with E-state index >= 15 is 0 Å². The Bertz CT molecular complexity index is 165. The lowest BCUT2D eigenvalue weighted by Gasteiger charge is -2.21. The van der Waals surface area contributed by atoms with Crippen LogP contribution in [-0.2, 0) is 9.59 Å². The lowest BCUT2D eigenvalue weighted by atomic mass is 10.4. The number of nitrogens with zero attached hydrogens (tertiary/aromatic N) is 1. The quantitative estimate of drug-likeness (QED) is 0.410. The zero-order valence-electron chi connectivity index (χ0n) is 7.49. The molecule has 0 spiro atoms. The third kappa shape index (κ3) is 7.23. The lowest BCUT2D eigenvalue weighted by molar-refractivity contribution is -0.159. The molecule has 6 heteroatoms. The van der Waals surface area contributed by atoms with Crippen LogP contribution in [0.3, 0.4) is 0 Å². The summed E-state index contributed by atoms with van der Waals surface area (Å²) in [6, 6.07) is 0. The highest BCUT2D eigenvalue weighted by molar-refractivity contribution is 6.27. The van der Waals surface area contributed by atoms with Gasteiger partial charge in [0.2, 0.25) is 0 Å². The molecule has 0 saturated carbocycles. The van der Waals surface area contributed by atoms with Gasteiger partial charge in [0.1, 0.15) is 0 Å². The standard InChI is InChI=1S/C5H12N2.C2H2O4/c1-7-4-2-6-3-5-7;3-1(4)2(5)6/h6H,2-5H2,1H3;(H,3,4)(H,5,6). The Balaban J connectivity index is 0.000000226. The largest absolute Gasteiger partial charge is 0.473 e. The van der Waals surface area contributed by atoms with Gasteiger partial charge in [-0.2, -0.15) is 0 Å². The zero-order valence-corrected chi connectivity index (χ0v) is 7.49. The molecule has 0 bridgehead atoms. The van der Waals surface area contributed by atoms with Crippen molar-refractivity contribution in [1.29, 1.82) is 0 Å². The Hall–Kier alpha value is -1.14. The first-order valence-electron chi connectivity index (χ1n) is 3.89. The van der Waals surface area contributed by atoms with Crippen LogP contribution in [0.5, 0.6) is 0 Å². The molecule has 1 aliphatic rings. The average Bonchev–Trinajstić information content (AvgIpc) is 2.06. The van der Waals surface area contributed by atoms with Gasteiger partial charge in [0.15, 0.2) is 0 Å². The fourth-order valence-electron chi connectivity index (χ4n) is 0.777. The van der Waals surface area contributed by atoms with Gasteiger partial charge < -0.3 is 20.4 Å². The van der Waals surface area contributed by atoms with Crippen LogP contribution in [0.25, 0.3) is 0 Å². The molecule has 1 aliphatic heterocycles. The Kier molecular flexibility index (Phi) is 5.82. The van der Waals surface area contributed by atoms with Crippen LogP contribution in [0, 0.1) is 0 Å². The van der Waals surface area contributed by atoms with Crippen molar-refractivity contribution in [3.05, 3.63) is 0 Å². The molecule has 1 saturated heterocycles. The number of carbonyl (C=O) groups is 2. The van der Waals surface area contributed by atoms with Gasteiger partial charge in [0, 0.05) is 26.2 Å². The van der Waals surface area contributed by atoms with Crippen LogP contribution in [0.4, 0.5) is 0 Å². The minimum Gasteiger partial charge on any atom is -0.473 e. The number of carboxylic acids is 2. The average molecular weight is 190 g/mol. The van der Waals surface area contributed by atoms with Crippen LogP contribution < -0.4 is 5.32 Å². The summed E-state index contributed by atoms with van der Waals surface area (Å²) in [7, 11) is 2.15. The van der Waals surface area contributed by atoms with E-state index in [-0.39, 0.29) is 0 Å². The van der Waals surface area contributed by atoms with Crippen molar-refractivity contribution in [3.63, 3.8) is 0 Å². The van der Waals surface area contributed by atoms with E-state index in [9.17, 15) is 0 Å². The first-order chi connectivity index (χ1) is 6.04. The zero-order chi connectivity index (χ0) is 10.3. The normalized spacial score (nSPS) is 17.0. The number of rotatable bonds is 0. The minimum atomic E-state index is -1.82. The van der Waals surface area contributed by atoms with Gasteiger partial charge in [-0.05, 0) is 7.05 Å². The van der Waals surface area contributed by atoms with Gasteiger partial charge in [-0.3, -0.25) is 0 Å². The van der Waals surface area contributed by atoms with Crippen molar-refractivity contribution in [2.75, 3.05) is 33.2 Å². The smallest absolute Gasteiger partial charge is 0.414 e. The summed E-state index contributed by atoms with van der Waals surface area (Å²) in [6.07, 6.45) is 0. The van der Waals surface area contributed by atoms with Gasteiger partial charge in [-0.25, -0.2) is 9.59 Å². The van der Waals surface area contributed by atoms with Crippen molar-refractivity contribution >= 4 is 11.9 Å². The monoisotopic (exact) mass is 190 g/mol. The Morgan fingerprint density at radius 2 is 1.54 bits per heavy atom. The maximum absolute atomic E-state index is 9.10. The molecule has 0 atom stereocenters. The number of aliphatic carboxylic acids is 2. The van der Waals surface area contributed by atoms with Crippen molar-refractivity contribution in [2.24, 2.45) is 0 Å². The van der Waals surface area contributed by atoms with E-state index in [1.807, 2.05) is 0 Å². The van der Waals surface area contributed by atoms with E-state index in [2.05, 4.69) is 17.3 Å². The fraction of sp³-hybridized carbons (Fsp3) is 0.714. The maximum Gasteiger partial charge on any atom is 0.414 e. The SMILES string of the molecule is CN1CCNCC1.O=C(O)C(=O)O. The molecule has 0 radical (unpaired) electrons. The van der Waals surface area contributed by atoms with Gasteiger partial charge in [0.25, 0.3) is 0 Å². The molecule has 1 heterocycles. The molecule has 76 valence electrons. The third-order valence-electron chi connectivity index (χ3n) is 1.52. The second kappa shape index (κ2) is 6.38. The molecular formula is C7H14N2O4. The van der Waals surface area contributed by atoms with Crippen LogP contribution in [0.2, 0.25) is 0 Å². The van der Waals surface area contributed by atoms with Crippen LogP contribution in [-0.4, -0.2) is 60.3 Å². The second-order valence-electron chi connectivity index (χ2n) is 2.66. The predicted octanol–water partition coefficient (Wildman–Crippen LogP) is -1.32. The molecular weight excluding hydrogens is 176 g/mol. The molecule has 1 fully saturated rings. The molecule has 0 aliphatic carbocycles. The topological polar surface area (TPSA) is 89.9 Å². The van der Waals surface area contributed by atoms with Gasteiger partial charge in [-0.15, -0.1) is 0 Å². The Labute approximate surface area is 76.2 Å². The molecule has 0 aromatic carbocycles. The third-order valence-corrected chi connectivity index (χ3v) is 1.52. The summed E-state index contributed by atoms with van der Waals surface area (Å²) in [5.41, 5.74) is 0. The maximum atomic E-state index is 9.10. The second-order valence-corrected chi connectivity index (χ2v) is 2.66. The number of carboxylic acid groups (broad SMARTS) is 2. The van der Waals surface area contributed by atoms with Crippen molar-refractivity contribution in [3.8, 4) is 0 Å². The summed E-state index contributed by atoms with van der Waals surface area (Å²) >= 11 is 0. The van der Waals surface area contributed by atoms with E-state index in [0.717, 1.165) is 13.1 Å². The fourth-order valence-corrected chi connectivity index (χ4v) is 0.777. The highest BCUT2D eigenvalue weighted by Gasteiger charge is 2.04. The van der Waals surface area contributed by atoms with E-state index in [0.29, 0.717) is 0 Å². The first-order valence-corrected chi connectivity index (χ1v) is 3.89.